The van der Waals surface area contributed by atoms with Crippen molar-refractivity contribution in [3.8, 4) is 6.07 Å². The Morgan fingerprint density at radius 3 is 2.62 bits per heavy atom. The van der Waals surface area contributed by atoms with Gasteiger partial charge in [0.25, 0.3) is 5.91 Å². The van der Waals surface area contributed by atoms with Gasteiger partial charge in [-0.2, -0.15) is 5.26 Å². The van der Waals surface area contributed by atoms with Crippen LogP contribution in [0, 0.1) is 11.3 Å². The maximum atomic E-state index is 12.1. The third-order valence-electron chi connectivity index (χ3n) is 3.82. The number of carbonyl (C=O) groups excluding carboxylic acids is 1. The summed E-state index contributed by atoms with van der Waals surface area (Å²) in [4.78, 5) is 13.8. The molecule has 16 heavy (non-hydrogen) atoms. The summed E-state index contributed by atoms with van der Waals surface area (Å²) in [6.45, 7) is 0.670. The van der Waals surface area contributed by atoms with Crippen LogP contribution in [0.1, 0.15) is 38.5 Å². The van der Waals surface area contributed by atoms with Crippen LogP contribution < -0.4 is 0 Å². The van der Waals surface area contributed by atoms with Gasteiger partial charge in [-0.3, -0.25) is 4.79 Å². The molecule has 0 aromatic rings. The first-order valence-electron chi connectivity index (χ1n) is 6.00. The molecule has 1 aliphatic heterocycles. The van der Waals surface area contributed by atoms with Gasteiger partial charge in [-0.15, -0.1) is 0 Å². The molecule has 1 atom stereocenters. The molecule has 0 aromatic heterocycles. The lowest BCUT2D eigenvalue weighted by Crippen LogP contribution is -2.50. The zero-order valence-corrected chi connectivity index (χ0v) is 9.74. The van der Waals surface area contributed by atoms with E-state index in [1.807, 2.05) is 0 Å². The average Bonchev–Trinajstić information content (AvgIpc) is 2.98. The summed E-state index contributed by atoms with van der Waals surface area (Å²) in [5, 5.41) is 9.29. The Morgan fingerprint density at radius 2 is 2.12 bits per heavy atom. The molecule has 4 heteroatoms. The van der Waals surface area contributed by atoms with Crippen LogP contribution in [-0.4, -0.2) is 36.1 Å². The Balaban J connectivity index is 2.08. The van der Waals surface area contributed by atoms with Crippen LogP contribution >= 0.6 is 0 Å². The van der Waals surface area contributed by atoms with E-state index < -0.39 is 5.54 Å². The van der Waals surface area contributed by atoms with Gasteiger partial charge in [0, 0.05) is 13.7 Å². The molecule has 0 bridgehead atoms. The molecule has 0 N–H and O–H groups in total. The Morgan fingerprint density at radius 1 is 1.44 bits per heavy atom. The third kappa shape index (κ3) is 1.80. The Hall–Kier alpha value is -1.08. The largest absolute Gasteiger partial charge is 0.368 e. The molecule has 2 rings (SSSR count). The number of ether oxygens (including phenoxy) is 1. The van der Waals surface area contributed by atoms with Crippen LogP contribution in [0.3, 0.4) is 0 Å². The maximum Gasteiger partial charge on any atom is 0.252 e. The summed E-state index contributed by atoms with van der Waals surface area (Å²) in [7, 11) is 1.75. The summed E-state index contributed by atoms with van der Waals surface area (Å²) < 4.78 is 5.38. The number of hydrogen-bond acceptors (Lipinski definition) is 3. The predicted molar refractivity (Wildman–Crippen MR) is 58.6 cm³/mol. The van der Waals surface area contributed by atoms with Gasteiger partial charge >= 0.3 is 0 Å². The smallest absolute Gasteiger partial charge is 0.252 e. The number of nitrogens with zero attached hydrogens (tertiary/aromatic N) is 2. The fraction of sp³-hybridized carbons (Fsp3) is 0.833. The van der Waals surface area contributed by atoms with Gasteiger partial charge in [0.2, 0.25) is 0 Å². The van der Waals surface area contributed by atoms with Crippen molar-refractivity contribution < 1.29 is 9.53 Å². The Kier molecular flexibility index (Phi) is 3.15. The first-order chi connectivity index (χ1) is 7.69. The first kappa shape index (κ1) is 11.4. The molecular formula is C12H18N2O2. The zero-order valence-electron chi connectivity index (χ0n) is 9.74. The molecule has 1 saturated heterocycles. The summed E-state index contributed by atoms with van der Waals surface area (Å²) >= 11 is 0. The summed E-state index contributed by atoms with van der Waals surface area (Å²) in [5.74, 6) is -0.0130. The topological polar surface area (TPSA) is 53.3 Å². The lowest BCUT2D eigenvalue weighted by atomic mass is 9.97. The van der Waals surface area contributed by atoms with E-state index in [9.17, 15) is 10.1 Å². The second-order valence-corrected chi connectivity index (χ2v) is 4.75. The summed E-state index contributed by atoms with van der Waals surface area (Å²) in [5.41, 5.74) is -0.566. The number of amides is 1. The number of nitriles is 1. The molecule has 1 saturated carbocycles. The second-order valence-electron chi connectivity index (χ2n) is 4.75. The Labute approximate surface area is 96.2 Å². The van der Waals surface area contributed by atoms with Crippen LogP contribution in [0.25, 0.3) is 0 Å². The lowest BCUT2D eigenvalue weighted by Gasteiger charge is -2.33. The van der Waals surface area contributed by atoms with Gasteiger partial charge in [0.05, 0.1) is 6.07 Å². The monoisotopic (exact) mass is 222 g/mol. The van der Waals surface area contributed by atoms with Gasteiger partial charge in [-0.05, 0) is 38.5 Å². The van der Waals surface area contributed by atoms with Gasteiger partial charge in [0.15, 0.2) is 0 Å². The molecular weight excluding hydrogens is 204 g/mol. The van der Waals surface area contributed by atoms with Crippen molar-refractivity contribution in [2.45, 2.75) is 50.2 Å². The van der Waals surface area contributed by atoms with Crippen molar-refractivity contribution in [2.24, 2.45) is 0 Å². The van der Waals surface area contributed by atoms with E-state index >= 15 is 0 Å². The molecule has 1 aliphatic carbocycles. The molecule has 1 unspecified atom stereocenters. The van der Waals surface area contributed by atoms with Crippen LogP contribution in [0.15, 0.2) is 0 Å². The van der Waals surface area contributed by atoms with E-state index in [1.54, 1.807) is 11.9 Å². The van der Waals surface area contributed by atoms with E-state index in [0.29, 0.717) is 6.61 Å². The minimum absolute atomic E-state index is 0.0130. The quantitative estimate of drug-likeness (QED) is 0.710. The number of likely N-dealkylation sites (N-methyl/N-ethyl adjacent to an activating group) is 1. The minimum atomic E-state index is -0.566. The first-order valence-corrected chi connectivity index (χ1v) is 6.00. The molecule has 0 spiro atoms. The fourth-order valence-corrected chi connectivity index (χ4v) is 2.68. The van der Waals surface area contributed by atoms with Crippen molar-refractivity contribution in [3.05, 3.63) is 0 Å². The fourth-order valence-electron chi connectivity index (χ4n) is 2.68. The van der Waals surface area contributed by atoms with Gasteiger partial charge < -0.3 is 9.64 Å². The van der Waals surface area contributed by atoms with Gasteiger partial charge in [0.1, 0.15) is 11.6 Å². The van der Waals surface area contributed by atoms with Crippen LogP contribution in [-0.2, 0) is 9.53 Å². The van der Waals surface area contributed by atoms with Crippen LogP contribution in [0.4, 0.5) is 0 Å². The molecule has 4 nitrogen and oxygen atoms in total. The maximum absolute atomic E-state index is 12.1. The normalized spacial score (nSPS) is 27.6. The molecule has 1 heterocycles. The second kappa shape index (κ2) is 4.42. The van der Waals surface area contributed by atoms with Crippen LogP contribution in [0.5, 0.6) is 0 Å². The van der Waals surface area contributed by atoms with Gasteiger partial charge in [-0.1, -0.05) is 0 Å². The molecule has 2 aliphatic rings. The third-order valence-corrected chi connectivity index (χ3v) is 3.82. The number of rotatable bonds is 2. The summed E-state index contributed by atoms with van der Waals surface area (Å²) in [6, 6.07) is 2.33. The van der Waals surface area contributed by atoms with Crippen LogP contribution in [0.2, 0.25) is 0 Å². The highest BCUT2D eigenvalue weighted by Crippen LogP contribution is 2.34. The minimum Gasteiger partial charge on any atom is -0.368 e. The average molecular weight is 222 g/mol. The Bertz CT molecular complexity index is 309. The SMILES string of the molecule is CN(C(=O)C1CCCO1)C1(C#N)CCCC1. The highest BCUT2D eigenvalue weighted by Gasteiger charge is 2.42. The molecule has 88 valence electrons. The number of hydrogen-bond donors (Lipinski definition) is 0. The highest BCUT2D eigenvalue weighted by molar-refractivity contribution is 5.82. The molecule has 1 amide bonds. The standard InChI is InChI=1S/C12H18N2O2/c1-14(11(15)10-5-4-8-16-10)12(9-13)6-2-3-7-12/h10H,2-8H2,1H3. The van der Waals surface area contributed by atoms with E-state index in [4.69, 9.17) is 4.74 Å². The molecule has 2 fully saturated rings. The number of carbonyl (C=O) groups is 1. The van der Waals surface area contributed by atoms with E-state index in [-0.39, 0.29) is 12.0 Å². The van der Waals surface area contributed by atoms with E-state index in [2.05, 4.69) is 6.07 Å². The summed E-state index contributed by atoms with van der Waals surface area (Å²) in [6.07, 6.45) is 5.12. The predicted octanol–water partition coefficient (Wildman–Crippen LogP) is 1.46. The van der Waals surface area contributed by atoms with Gasteiger partial charge in [-0.25, -0.2) is 0 Å². The lowest BCUT2D eigenvalue weighted by molar-refractivity contribution is -0.143. The molecule has 0 aromatic carbocycles. The molecule has 0 radical (unpaired) electrons. The van der Waals surface area contributed by atoms with Crippen molar-refractivity contribution in [1.29, 1.82) is 5.26 Å². The highest BCUT2D eigenvalue weighted by atomic mass is 16.5. The van der Waals surface area contributed by atoms with Crippen molar-refractivity contribution in [1.82, 2.24) is 4.90 Å². The zero-order chi connectivity index (χ0) is 11.6. The van der Waals surface area contributed by atoms with E-state index in [0.717, 1.165) is 38.5 Å². The van der Waals surface area contributed by atoms with E-state index in [1.165, 1.54) is 0 Å². The van der Waals surface area contributed by atoms with Crippen molar-refractivity contribution >= 4 is 5.91 Å². The van der Waals surface area contributed by atoms with Crippen molar-refractivity contribution in [2.75, 3.05) is 13.7 Å². The van der Waals surface area contributed by atoms with Crippen molar-refractivity contribution in [3.63, 3.8) is 0 Å².